The minimum atomic E-state index is 0.121. The van der Waals surface area contributed by atoms with Gasteiger partial charge in [-0.2, -0.15) is 0 Å². The molecule has 0 saturated carbocycles. The third-order valence-electron chi connectivity index (χ3n) is 3.25. The summed E-state index contributed by atoms with van der Waals surface area (Å²) < 4.78 is 0. The number of aryl methyl sites for hydroxylation is 1. The van der Waals surface area contributed by atoms with Crippen molar-refractivity contribution in [2.24, 2.45) is 0 Å². The van der Waals surface area contributed by atoms with Gasteiger partial charge in [-0.25, -0.2) is 4.98 Å². The molecule has 0 spiro atoms. The summed E-state index contributed by atoms with van der Waals surface area (Å²) in [6, 6.07) is 2.03. The highest BCUT2D eigenvalue weighted by Crippen LogP contribution is 2.24. The number of rotatable bonds is 3. The zero-order valence-corrected chi connectivity index (χ0v) is 10.3. The van der Waals surface area contributed by atoms with Gasteiger partial charge in [0.05, 0.1) is 11.9 Å². The molecule has 0 aromatic carbocycles. The van der Waals surface area contributed by atoms with Crippen molar-refractivity contribution in [3.63, 3.8) is 0 Å². The summed E-state index contributed by atoms with van der Waals surface area (Å²) in [6.07, 6.45) is 2.81. The molecule has 15 heavy (non-hydrogen) atoms. The first-order valence-corrected chi connectivity index (χ1v) is 5.34. The number of hydrogen-bond acceptors (Lipinski definition) is 3. The maximum Gasteiger partial charge on any atom is 0.129 e. The van der Waals surface area contributed by atoms with Crippen LogP contribution in [0, 0.1) is 6.92 Å². The van der Waals surface area contributed by atoms with Gasteiger partial charge < -0.3 is 10.6 Å². The lowest BCUT2D eigenvalue weighted by Crippen LogP contribution is -2.41. The summed E-state index contributed by atoms with van der Waals surface area (Å²) in [7, 11) is 2.07. The first kappa shape index (κ1) is 11.8. The maximum atomic E-state index is 5.75. The van der Waals surface area contributed by atoms with Gasteiger partial charge in [-0.3, -0.25) is 0 Å². The van der Waals surface area contributed by atoms with E-state index >= 15 is 0 Å². The lowest BCUT2D eigenvalue weighted by Gasteiger charge is -2.36. The molecular formula is C12H21N3. The monoisotopic (exact) mass is 207 g/mol. The average Bonchev–Trinajstić information content (AvgIpc) is 2.21. The number of nitrogen functional groups attached to an aromatic ring is 1. The molecule has 3 nitrogen and oxygen atoms in total. The molecule has 2 N–H and O–H groups in total. The molecule has 0 atom stereocenters. The Bertz CT molecular complexity index is 345. The van der Waals surface area contributed by atoms with Crippen LogP contribution in [-0.2, 0) is 0 Å². The minimum absolute atomic E-state index is 0.121. The van der Waals surface area contributed by atoms with Crippen molar-refractivity contribution < 1.29 is 0 Å². The van der Waals surface area contributed by atoms with E-state index in [4.69, 9.17) is 5.73 Å². The van der Waals surface area contributed by atoms with Crippen LogP contribution in [0.2, 0.25) is 0 Å². The van der Waals surface area contributed by atoms with Crippen LogP contribution in [0.1, 0.15) is 32.8 Å². The number of nitrogens with two attached hydrogens (primary N) is 1. The predicted molar refractivity (Wildman–Crippen MR) is 66.2 cm³/mol. The van der Waals surface area contributed by atoms with E-state index in [0.29, 0.717) is 0 Å². The van der Waals surface area contributed by atoms with Crippen LogP contribution in [0.15, 0.2) is 12.3 Å². The van der Waals surface area contributed by atoms with E-state index in [-0.39, 0.29) is 5.54 Å². The summed E-state index contributed by atoms with van der Waals surface area (Å²) in [4.78, 5) is 6.55. The predicted octanol–water partition coefficient (Wildman–Crippen LogP) is 2.60. The fraction of sp³-hybridized carbons (Fsp3) is 0.583. The Labute approximate surface area is 92.3 Å². The smallest absolute Gasteiger partial charge is 0.129 e. The van der Waals surface area contributed by atoms with Crippen LogP contribution >= 0.6 is 0 Å². The zero-order chi connectivity index (χ0) is 11.6. The van der Waals surface area contributed by atoms with Crippen molar-refractivity contribution in [2.75, 3.05) is 17.7 Å². The normalized spacial score (nSPS) is 11.5. The standard InChI is InChI=1S/C12H21N3/c1-6-12(3,4)15(5)11-7-9(2)10(13)8-14-11/h7-8H,6,13H2,1-5H3. The van der Waals surface area contributed by atoms with Gasteiger partial charge >= 0.3 is 0 Å². The second-order valence-corrected chi connectivity index (χ2v) is 4.62. The van der Waals surface area contributed by atoms with Gasteiger partial charge in [0.15, 0.2) is 0 Å². The molecule has 1 rings (SSSR count). The third-order valence-corrected chi connectivity index (χ3v) is 3.25. The summed E-state index contributed by atoms with van der Waals surface area (Å²) in [5, 5.41) is 0. The first-order valence-electron chi connectivity index (χ1n) is 5.34. The van der Waals surface area contributed by atoms with Gasteiger partial charge in [0.25, 0.3) is 0 Å². The lowest BCUT2D eigenvalue weighted by atomic mass is 10.00. The highest BCUT2D eigenvalue weighted by molar-refractivity contribution is 5.52. The van der Waals surface area contributed by atoms with Crippen LogP contribution in [0.25, 0.3) is 0 Å². The fourth-order valence-electron chi connectivity index (χ4n) is 1.28. The summed E-state index contributed by atoms with van der Waals surface area (Å²) >= 11 is 0. The number of anilines is 2. The van der Waals surface area contributed by atoms with Crippen molar-refractivity contribution in [1.29, 1.82) is 0 Å². The molecule has 0 fully saturated rings. The Kier molecular flexibility index (Phi) is 3.22. The molecule has 1 aromatic rings. The molecule has 0 aliphatic rings. The highest BCUT2D eigenvalue weighted by Gasteiger charge is 2.22. The fourth-order valence-corrected chi connectivity index (χ4v) is 1.28. The first-order chi connectivity index (χ1) is 6.88. The summed E-state index contributed by atoms with van der Waals surface area (Å²) in [5.74, 6) is 0.980. The van der Waals surface area contributed by atoms with Crippen molar-refractivity contribution in [3.05, 3.63) is 17.8 Å². The van der Waals surface area contributed by atoms with Crippen molar-refractivity contribution in [2.45, 2.75) is 39.7 Å². The maximum absolute atomic E-state index is 5.75. The molecule has 0 bridgehead atoms. The second-order valence-electron chi connectivity index (χ2n) is 4.62. The van der Waals surface area contributed by atoms with Crippen molar-refractivity contribution >= 4 is 11.5 Å². The molecule has 0 saturated heterocycles. The van der Waals surface area contributed by atoms with Gasteiger partial charge in [-0.15, -0.1) is 0 Å². The average molecular weight is 207 g/mol. The molecule has 3 heteroatoms. The van der Waals surface area contributed by atoms with Crippen molar-refractivity contribution in [3.8, 4) is 0 Å². The molecule has 0 aliphatic heterocycles. The summed E-state index contributed by atoms with van der Waals surface area (Å²) in [6.45, 7) is 8.61. The zero-order valence-electron chi connectivity index (χ0n) is 10.3. The Balaban J connectivity index is 3.02. The largest absolute Gasteiger partial charge is 0.397 e. The Morgan fingerprint density at radius 1 is 1.47 bits per heavy atom. The van der Waals surface area contributed by atoms with E-state index in [1.54, 1.807) is 6.20 Å². The highest BCUT2D eigenvalue weighted by atomic mass is 15.2. The number of hydrogen-bond donors (Lipinski definition) is 1. The van der Waals surface area contributed by atoms with Gasteiger partial charge in [0.1, 0.15) is 5.82 Å². The quantitative estimate of drug-likeness (QED) is 0.828. The van der Waals surface area contributed by atoms with Crippen LogP contribution in [0.4, 0.5) is 11.5 Å². The van der Waals surface area contributed by atoms with Gasteiger partial charge in [-0.05, 0) is 38.8 Å². The lowest BCUT2D eigenvalue weighted by molar-refractivity contribution is 0.467. The summed E-state index contributed by atoms with van der Waals surface area (Å²) in [5.41, 5.74) is 7.70. The van der Waals surface area contributed by atoms with Crippen LogP contribution in [0.3, 0.4) is 0 Å². The van der Waals surface area contributed by atoms with Gasteiger partial charge in [0.2, 0.25) is 0 Å². The van der Waals surface area contributed by atoms with Crippen LogP contribution < -0.4 is 10.6 Å². The molecular weight excluding hydrogens is 186 g/mol. The Morgan fingerprint density at radius 2 is 2.07 bits per heavy atom. The van der Waals surface area contributed by atoms with E-state index in [9.17, 15) is 0 Å². The molecule has 0 unspecified atom stereocenters. The Hall–Kier alpha value is -1.25. The molecule has 84 valence electrons. The van der Waals surface area contributed by atoms with Gasteiger partial charge in [-0.1, -0.05) is 6.92 Å². The van der Waals surface area contributed by atoms with E-state index in [0.717, 1.165) is 23.5 Å². The second kappa shape index (κ2) is 4.09. The minimum Gasteiger partial charge on any atom is -0.397 e. The van der Waals surface area contributed by atoms with E-state index in [1.807, 2.05) is 13.0 Å². The topological polar surface area (TPSA) is 42.1 Å². The van der Waals surface area contributed by atoms with Crippen LogP contribution in [-0.4, -0.2) is 17.6 Å². The van der Waals surface area contributed by atoms with E-state index in [2.05, 4.69) is 37.7 Å². The molecule has 1 aromatic heterocycles. The van der Waals surface area contributed by atoms with E-state index in [1.165, 1.54) is 0 Å². The number of pyridine rings is 1. The number of aromatic nitrogens is 1. The molecule has 0 amide bonds. The van der Waals surface area contributed by atoms with Crippen molar-refractivity contribution in [1.82, 2.24) is 4.98 Å². The molecule has 1 heterocycles. The van der Waals surface area contributed by atoms with Gasteiger partial charge in [0, 0.05) is 12.6 Å². The molecule has 0 aliphatic carbocycles. The third kappa shape index (κ3) is 2.41. The SMILES string of the molecule is CCC(C)(C)N(C)c1cc(C)c(N)cn1. The Morgan fingerprint density at radius 3 is 2.53 bits per heavy atom. The number of nitrogens with zero attached hydrogens (tertiary/aromatic N) is 2. The molecule has 0 radical (unpaired) electrons. The van der Waals surface area contributed by atoms with E-state index < -0.39 is 0 Å². The van der Waals surface area contributed by atoms with Crippen LogP contribution in [0.5, 0.6) is 0 Å².